The fourth-order valence-corrected chi connectivity index (χ4v) is 10.2. The standard InChI is InChI=1S/C28H37N5O2.C20H28N2O2.C2H6/c1-6-24-18(2)26(19(3)34)28(35)33(23-9-7-8-10-23)27(24)31-20(4)30-25-12-11-22(17-29-25)21-13-15-32(5)16-14-21;23-19-18-12-17(7-6-16(18)13-21-19)20(24)8-10-22(11-9-20)14-15-4-2-1-3-5-15;1-2/h6,11-12,17,21,23H,4,7-10,13-16H2,1-3,5H3,(H,29,30);6-7,12,15,24H,1-5,8-11,13-14H2,(H,21,23);1-2H3/b24-6-,31-27+;;. The summed E-state index contributed by atoms with van der Waals surface area (Å²) in [6.45, 7) is 19.2. The molecule has 2 saturated heterocycles. The van der Waals surface area contributed by atoms with Crippen LogP contribution in [0.3, 0.4) is 0 Å². The van der Waals surface area contributed by atoms with E-state index in [4.69, 9.17) is 4.99 Å². The molecule has 0 atom stereocenters. The number of amides is 2. The minimum atomic E-state index is -0.777. The molecule has 1 aromatic heterocycles. The summed E-state index contributed by atoms with van der Waals surface area (Å²) in [6.07, 6.45) is 18.6. The minimum absolute atomic E-state index is 0.00909. The number of anilines is 1. The molecule has 3 N–H and O–H groups in total. The van der Waals surface area contributed by atoms with E-state index in [1.807, 2.05) is 64.2 Å². The lowest BCUT2D eigenvalue weighted by Crippen LogP contribution is -2.49. The number of Topliss-reactive ketones (excluding diaryl/α,β-unsaturated/α-hetero) is 1. The van der Waals surface area contributed by atoms with Gasteiger partial charge in [0.15, 0.2) is 5.78 Å². The Morgan fingerprint density at radius 1 is 0.984 bits per heavy atom. The van der Waals surface area contributed by atoms with Crippen molar-refractivity contribution >= 4 is 29.3 Å². The van der Waals surface area contributed by atoms with E-state index in [1.54, 1.807) is 4.90 Å². The number of benzene rings is 1. The zero-order valence-electron chi connectivity index (χ0n) is 37.8. The quantitative estimate of drug-likeness (QED) is 0.214. The first-order valence-electron chi connectivity index (χ1n) is 23.2. The Morgan fingerprint density at radius 3 is 2.28 bits per heavy atom. The summed E-state index contributed by atoms with van der Waals surface area (Å²) in [5.74, 6) is 2.58. The third-order valence-corrected chi connectivity index (χ3v) is 13.8. The molecule has 0 spiro atoms. The number of ketones is 1. The number of nitrogens with zero attached hydrogens (tertiary/aromatic N) is 5. The monoisotopic (exact) mass is 834 g/mol. The fourth-order valence-electron chi connectivity index (χ4n) is 10.2. The van der Waals surface area contributed by atoms with Gasteiger partial charge in [-0.2, -0.15) is 0 Å². The number of aromatic nitrogens is 1. The molecule has 8 rings (SSSR count). The normalized spacial score (nSPS) is 23.0. The first-order valence-corrected chi connectivity index (χ1v) is 23.2. The lowest BCUT2D eigenvalue weighted by atomic mass is 9.82. The van der Waals surface area contributed by atoms with E-state index in [1.165, 1.54) is 51.1 Å². The molecule has 11 heteroatoms. The predicted octanol–water partition coefficient (Wildman–Crippen LogP) is 8.63. The fraction of sp³-hybridized carbons (Fsp3) is 0.580. The molecule has 0 unspecified atom stereocenters. The van der Waals surface area contributed by atoms with Gasteiger partial charge in [0.05, 0.1) is 11.2 Å². The zero-order chi connectivity index (χ0) is 43.7. The van der Waals surface area contributed by atoms with Gasteiger partial charge in [-0.1, -0.05) is 76.8 Å². The molecule has 2 amide bonds. The number of nitrogens with one attached hydrogen (secondary N) is 2. The van der Waals surface area contributed by atoms with Gasteiger partial charge in [0, 0.05) is 49.6 Å². The Morgan fingerprint density at radius 2 is 1.66 bits per heavy atom. The van der Waals surface area contributed by atoms with E-state index in [2.05, 4.69) is 45.1 Å². The van der Waals surface area contributed by atoms with Crippen LogP contribution in [-0.4, -0.2) is 94.0 Å². The summed E-state index contributed by atoms with van der Waals surface area (Å²) in [5, 5.41) is 17.2. The number of amidine groups is 1. The Balaban J connectivity index is 0.000000208. The number of carbonyl (C=O) groups excluding carboxylic acids is 3. The van der Waals surface area contributed by atoms with Crippen LogP contribution >= 0.6 is 0 Å². The summed E-state index contributed by atoms with van der Waals surface area (Å²) < 4.78 is 0. The maximum absolute atomic E-state index is 13.5. The van der Waals surface area contributed by atoms with Gasteiger partial charge in [0.2, 0.25) is 0 Å². The second-order valence-corrected chi connectivity index (χ2v) is 17.8. The number of likely N-dealkylation sites (tertiary alicyclic amines) is 2. The van der Waals surface area contributed by atoms with Crippen LogP contribution in [0, 0.1) is 5.92 Å². The molecule has 5 heterocycles. The van der Waals surface area contributed by atoms with E-state index >= 15 is 0 Å². The van der Waals surface area contributed by atoms with Crippen LogP contribution in [0.4, 0.5) is 5.82 Å². The average molecular weight is 834 g/mol. The van der Waals surface area contributed by atoms with Gasteiger partial charge in [-0.25, -0.2) is 9.98 Å². The number of pyridine rings is 1. The Labute approximate surface area is 364 Å². The zero-order valence-corrected chi connectivity index (χ0v) is 37.8. The molecular formula is C50H71N7O4. The second kappa shape index (κ2) is 21.1. The van der Waals surface area contributed by atoms with E-state index in [9.17, 15) is 19.5 Å². The highest BCUT2D eigenvalue weighted by molar-refractivity contribution is 6.29. The van der Waals surface area contributed by atoms with Crippen molar-refractivity contribution < 1.29 is 19.5 Å². The van der Waals surface area contributed by atoms with Crippen molar-refractivity contribution in [1.82, 2.24) is 25.0 Å². The molecule has 0 bridgehead atoms. The molecule has 0 radical (unpaired) electrons. The maximum Gasteiger partial charge on any atom is 0.263 e. The number of allylic oxidation sites excluding steroid dienone is 1. The first-order chi connectivity index (χ1) is 29.4. The van der Waals surface area contributed by atoms with Crippen molar-refractivity contribution in [3.8, 4) is 0 Å². The molecule has 330 valence electrons. The number of aliphatic hydroxyl groups is 1. The van der Waals surface area contributed by atoms with Gasteiger partial charge in [0.1, 0.15) is 17.5 Å². The van der Waals surface area contributed by atoms with Crippen molar-refractivity contribution in [2.24, 2.45) is 10.9 Å². The smallest absolute Gasteiger partial charge is 0.263 e. The molecule has 11 nitrogen and oxygen atoms in total. The second-order valence-electron chi connectivity index (χ2n) is 17.8. The number of hydrogen-bond donors (Lipinski definition) is 3. The molecule has 4 fully saturated rings. The summed E-state index contributed by atoms with van der Waals surface area (Å²) in [7, 11) is 2.17. The number of hydrogen-bond acceptors (Lipinski definition) is 9. The van der Waals surface area contributed by atoms with E-state index in [0.717, 1.165) is 106 Å². The minimum Gasteiger partial charge on any atom is -0.385 e. The van der Waals surface area contributed by atoms with Gasteiger partial charge in [-0.05, 0) is 139 Å². The van der Waals surface area contributed by atoms with Crippen LogP contribution in [0.1, 0.15) is 151 Å². The van der Waals surface area contributed by atoms with Crippen molar-refractivity contribution in [3.63, 3.8) is 0 Å². The molecule has 6 aliphatic rings. The van der Waals surface area contributed by atoms with Gasteiger partial charge >= 0.3 is 0 Å². The SMILES string of the molecule is C=C(/N=C1\C(=C/C)C(C)=C(C(C)=O)C(=O)N1C1CCCC1)Nc1ccc(C2CCN(C)CC2)cn1.CC.O=C1NCc2ccc(C3(O)CCN(CC4CCCCC4)CC3)cc21. The molecule has 2 aromatic rings. The number of aliphatic imine (C=N–C) groups is 1. The van der Waals surface area contributed by atoms with Crippen LogP contribution in [0.25, 0.3) is 0 Å². The van der Waals surface area contributed by atoms with Crippen LogP contribution in [-0.2, 0) is 21.7 Å². The average Bonchev–Trinajstić information content (AvgIpc) is 3.93. The van der Waals surface area contributed by atoms with Gasteiger partial charge in [0.25, 0.3) is 11.8 Å². The highest BCUT2D eigenvalue weighted by atomic mass is 16.3. The Kier molecular flexibility index (Phi) is 15.9. The molecule has 2 aliphatic carbocycles. The topological polar surface area (TPSA) is 130 Å². The molecular weight excluding hydrogens is 763 g/mol. The van der Waals surface area contributed by atoms with Crippen LogP contribution < -0.4 is 10.6 Å². The van der Waals surface area contributed by atoms with E-state index in [-0.39, 0.29) is 29.2 Å². The number of fused-ring (bicyclic) bond motifs is 1. The molecule has 2 saturated carbocycles. The Hall–Kier alpha value is -4.45. The molecule has 1 aromatic carbocycles. The summed E-state index contributed by atoms with van der Waals surface area (Å²) in [6, 6.07) is 10.1. The predicted molar refractivity (Wildman–Crippen MR) is 245 cm³/mol. The van der Waals surface area contributed by atoms with Crippen LogP contribution in [0.2, 0.25) is 0 Å². The highest BCUT2D eigenvalue weighted by Crippen LogP contribution is 2.37. The first kappa shape index (κ1) is 46.1. The molecule has 4 aliphatic heterocycles. The third kappa shape index (κ3) is 11.0. The van der Waals surface area contributed by atoms with Crippen molar-refractivity contribution in [3.05, 3.63) is 94.0 Å². The summed E-state index contributed by atoms with van der Waals surface area (Å²) in [5.41, 5.74) is 4.92. The number of rotatable bonds is 9. The third-order valence-electron chi connectivity index (χ3n) is 13.8. The largest absolute Gasteiger partial charge is 0.385 e. The maximum atomic E-state index is 13.5. The van der Waals surface area contributed by atoms with E-state index in [0.29, 0.717) is 35.5 Å². The lowest BCUT2D eigenvalue weighted by molar-refractivity contribution is -0.127. The van der Waals surface area contributed by atoms with Crippen LogP contribution in [0.15, 0.2) is 76.7 Å². The summed E-state index contributed by atoms with van der Waals surface area (Å²) in [4.78, 5) is 53.7. The van der Waals surface area contributed by atoms with E-state index < -0.39 is 5.60 Å². The number of piperidine rings is 2. The van der Waals surface area contributed by atoms with Crippen molar-refractivity contribution in [2.75, 3.05) is 45.1 Å². The van der Waals surface area contributed by atoms with Gasteiger partial charge in [-0.3, -0.25) is 19.3 Å². The van der Waals surface area contributed by atoms with Gasteiger partial charge in [-0.15, -0.1) is 0 Å². The van der Waals surface area contributed by atoms with Crippen LogP contribution in [0.5, 0.6) is 0 Å². The van der Waals surface area contributed by atoms with Gasteiger partial charge < -0.3 is 25.5 Å². The molecule has 61 heavy (non-hydrogen) atoms. The van der Waals surface area contributed by atoms with Crippen molar-refractivity contribution in [2.45, 2.75) is 142 Å². The highest BCUT2D eigenvalue weighted by Gasteiger charge is 2.40. The Bertz CT molecular complexity index is 1970. The number of carbonyl (C=O) groups is 3. The van der Waals surface area contributed by atoms with Crippen molar-refractivity contribution in [1.29, 1.82) is 0 Å². The summed E-state index contributed by atoms with van der Waals surface area (Å²) >= 11 is 0. The lowest BCUT2D eigenvalue weighted by Gasteiger charge is -2.40.